The Labute approximate surface area is 130 Å². The third kappa shape index (κ3) is 5.81. The zero-order valence-electron chi connectivity index (χ0n) is 13.5. The maximum atomic E-state index is 13.6. The smallest absolute Gasteiger partial charge is 0.321 e. The van der Waals surface area contributed by atoms with Gasteiger partial charge in [0, 0.05) is 18.7 Å². The lowest BCUT2D eigenvalue weighted by Crippen LogP contribution is -2.48. The normalized spacial score (nSPS) is 12.3. The molecule has 0 aliphatic heterocycles. The molecule has 0 bridgehead atoms. The van der Waals surface area contributed by atoms with Gasteiger partial charge in [0.2, 0.25) is 5.91 Å². The number of hydrogen-bond donors (Lipinski definition) is 2. The van der Waals surface area contributed by atoms with Gasteiger partial charge in [-0.3, -0.25) is 15.0 Å². The van der Waals surface area contributed by atoms with Crippen LogP contribution in [0, 0.1) is 11.7 Å². The Morgan fingerprint density at radius 1 is 1.23 bits per heavy atom. The summed E-state index contributed by atoms with van der Waals surface area (Å²) < 4.78 is 13.6. The summed E-state index contributed by atoms with van der Waals surface area (Å²) in [5, 5.41) is 4.91. The van der Waals surface area contributed by atoms with E-state index in [1.54, 1.807) is 37.1 Å². The minimum atomic E-state index is -0.551. The van der Waals surface area contributed by atoms with Gasteiger partial charge in [-0.05, 0) is 26.0 Å². The molecule has 0 saturated carbocycles. The van der Waals surface area contributed by atoms with Crippen molar-refractivity contribution in [3.05, 3.63) is 35.6 Å². The van der Waals surface area contributed by atoms with Gasteiger partial charge in [-0.2, -0.15) is 0 Å². The van der Waals surface area contributed by atoms with Crippen LogP contribution in [-0.4, -0.2) is 36.5 Å². The van der Waals surface area contributed by atoms with Crippen molar-refractivity contribution in [2.75, 3.05) is 13.6 Å². The lowest BCUT2D eigenvalue weighted by atomic mass is 10.1. The van der Waals surface area contributed by atoms with Crippen molar-refractivity contribution in [2.24, 2.45) is 5.92 Å². The maximum Gasteiger partial charge on any atom is 0.321 e. The van der Waals surface area contributed by atoms with E-state index in [4.69, 9.17) is 0 Å². The Kier molecular flexibility index (Phi) is 6.98. The molecule has 0 fully saturated rings. The number of hydrogen-bond acceptors (Lipinski definition) is 3. The molecule has 0 aliphatic carbocycles. The van der Waals surface area contributed by atoms with Crippen LogP contribution in [-0.2, 0) is 11.3 Å². The van der Waals surface area contributed by atoms with Crippen molar-refractivity contribution in [1.82, 2.24) is 15.5 Å². The second-order valence-electron chi connectivity index (χ2n) is 5.78. The van der Waals surface area contributed by atoms with Gasteiger partial charge < -0.3 is 5.32 Å². The molecule has 0 aliphatic rings. The highest BCUT2D eigenvalue weighted by molar-refractivity contribution is 5.96. The Balaban J connectivity index is 2.52. The largest absolute Gasteiger partial charge is 0.338 e. The minimum absolute atomic E-state index is 0.287. The lowest BCUT2D eigenvalue weighted by Gasteiger charge is -2.23. The molecule has 0 heterocycles. The first kappa shape index (κ1) is 18.1. The summed E-state index contributed by atoms with van der Waals surface area (Å²) in [6.07, 6.45) is 0. The summed E-state index contributed by atoms with van der Waals surface area (Å²) in [5.41, 5.74) is 0.508. The molecule has 1 rings (SSSR count). The van der Waals surface area contributed by atoms with Crippen LogP contribution < -0.4 is 10.6 Å². The van der Waals surface area contributed by atoms with Crippen LogP contribution in [0.4, 0.5) is 9.18 Å². The average molecular weight is 309 g/mol. The van der Waals surface area contributed by atoms with Crippen LogP contribution in [0.15, 0.2) is 24.3 Å². The fraction of sp³-hybridized carbons (Fsp3) is 0.500. The van der Waals surface area contributed by atoms with Crippen molar-refractivity contribution >= 4 is 11.9 Å². The quantitative estimate of drug-likeness (QED) is 0.846. The summed E-state index contributed by atoms with van der Waals surface area (Å²) in [7, 11) is 1.71. The molecule has 0 spiro atoms. The lowest BCUT2D eigenvalue weighted by molar-refractivity contribution is -0.124. The number of amides is 3. The number of benzene rings is 1. The van der Waals surface area contributed by atoms with E-state index >= 15 is 0 Å². The molecule has 6 heteroatoms. The summed E-state index contributed by atoms with van der Waals surface area (Å²) >= 11 is 0. The first-order valence-electron chi connectivity index (χ1n) is 7.33. The molecule has 22 heavy (non-hydrogen) atoms. The summed E-state index contributed by atoms with van der Waals surface area (Å²) in [5.74, 6) is -0.418. The number of carbonyl (C=O) groups is 2. The Morgan fingerprint density at radius 2 is 1.86 bits per heavy atom. The van der Waals surface area contributed by atoms with E-state index in [2.05, 4.69) is 10.6 Å². The number of carbonyl (C=O) groups excluding carboxylic acids is 2. The van der Waals surface area contributed by atoms with Crippen molar-refractivity contribution in [3.8, 4) is 0 Å². The van der Waals surface area contributed by atoms with E-state index in [0.717, 1.165) is 0 Å². The zero-order valence-corrected chi connectivity index (χ0v) is 13.5. The van der Waals surface area contributed by atoms with Crippen molar-refractivity contribution < 1.29 is 14.0 Å². The van der Waals surface area contributed by atoms with E-state index in [1.165, 1.54) is 6.07 Å². The van der Waals surface area contributed by atoms with Gasteiger partial charge in [-0.25, -0.2) is 9.18 Å². The highest BCUT2D eigenvalue weighted by atomic mass is 19.1. The number of likely N-dealkylation sites (N-methyl/N-ethyl adjacent to an activating group) is 1. The predicted molar refractivity (Wildman–Crippen MR) is 83.7 cm³/mol. The van der Waals surface area contributed by atoms with E-state index in [1.807, 2.05) is 13.8 Å². The summed E-state index contributed by atoms with van der Waals surface area (Å²) in [4.78, 5) is 25.3. The Bertz CT molecular complexity index is 520. The summed E-state index contributed by atoms with van der Waals surface area (Å²) in [6, 6.07) is 5.36. The highest BCUT2D eigenvalue weighted by Crippen LogP contribution is 2.10. The second kappa shape index (κ2) is 8.48. The summed E-state index contributed by atoms with van der Waals surface area (Å²) in [6.45, 7) is 6.39. The molecule has 1 aromatic carbocycles. The zero-order chi connectivity index (χ0) is 16.7. The first-order valence-corrected chi connectivity index (χ1v) is 7.33. The molecular formula is C16H24FN3O2. The fourth-order valence-corrected chi connectivity index (χ4v) is 1.79. The average Bonchev–Trinajstić information content (AvgIpc) is 2.46. The van der Waals surface area contributed by atoms with Gasteiger partial charge in [-0.1, -0.05) is 32.0 Å². The van der Waals surface area contributed by atoms with Crippen LogP contribution in [0.1, 0.15) is 26.3 Å². The third-order valence-electron chi connectivity index (χ3n) is 3.33. The van der Waals surface area contributed by atoms with Gasteiger partial charge >= 0.3 is 6.03 Å². The van der Waals surface area contributed by atoms with E-state index in [0.29, 0.717) is 18.0 Å². The van der Waals surface area contributed by atoms with Gasteiger partial charge in [0.25, 0.3) is 0 Å². The topological polar surface area (TPSA) is 61.4 Å². The highest BCUT2D eigenvalue weighted by Gasteiger charge is 2.20. The number of imide groups is 1. The molecule has 0 radical (unpaired) electrons. The van der Waals surface area contributed by atoms with Crippen LogP contribution in [0.2, 0.25) is 0 Å². The third-order valence-corrected chi connectivity index (χ3v) is 3.33. The van der Waals surface area contributed by atoms with Crippen LogP contribution in [0.5, 0.6) is 0 Å². The van der Waals surface area contributed by atoms with Crippen LogP contribution >= 0.6 is 0 Å². The molecule has 0 unspecified atom stereocenters. The predicted octanol–water partition coefficient (Wildman–Crippen LogP) is 2.13. The SMILES string of the molecule is CC(C)CNC(=O)NC(=O)[C@@H](C)N(C)Cc1ccccc1F. The van der Waals surface area contributed by atoms with Crippen molar-refractivity contribution in [1.29, 1.82) is 0 Å². The molecular weight excluding hydrogens is 285 g/mol. The Morgan fingerprint density at radius 3 is 2.45 bits per heavy atom. The maximum absolute atomic E-state index is 13.6. The molecule has 5 nitrogen and oxygen atoms in total. The molecule has 1 aromatic rings. The monoisotopic (exact) mass is 309 g/mol. The van der Waals surface area contributed by atoms with Crippen molar-refractivity contribution in [2.45, 2.75) is 33.4 Å². The van der Waals surface area contributed by atoms with E-state index in [9.17, 15) is 14.0 Å². The standard InChI is InChI=1S/C16H24FN3O2/c1-11(2)9-18-16(22)19-15(21)12(3)20(4)10-13-7-5-6-8-14(13)17/h5-8,11-12H,9-10H2,1-4H3,(H2,18,19,21,22)/t12-/m1/s1. The molecule has 0 saturated heterocycles. The Hall–Kier alpha value is -1.95. The van der Waals surface area contributed by atoms with Gasteiger partial charge in [0.05, 0.1) is 6.04 Å². The number of nitrogens with one attached hydrogen (secondary N) is 2. The fourth-order valence-electron chi connectivity index (χ4n) is 1.79. The van der Waals surface area contributed by atoms with Gasteiger partial charge in [0.1, 0.15) is 5.82 Å². The van der Waals surface area contributed by atoms with Crippen molar-refractivity contribution in [3.63, 3.8) is 0 Å². The number of rotatable bonds is 6. The van der Waals surface area contributed by atoms with E-state index in [-0.39, 0.29) is 12.4 Å². The second-order valence-corrected chi connectivity index (χ2v) is 5.78. The molecule has 2 N–H and O–H groups in total. The molecule has 122 valence electrons. The van der Waals surface area contributed by atoms with Gasteiger partial charge in [-0.15, -0.1) is 0 Å². The molecule has 0 aromatic heterocycles. The number of urea groups is 1. The van der Waals surface area contributed by atoms with Gasteiger partial charge in [0.15, 0.2) is 0 Å². The minimum Gasteiger partial charge on any atom is -0.338 e. The van der Waals surface area contributed by atoms with Crippen LogP contribution in [0.25, 0.3) is 0 Å². The molecule has 1 atom stereocenters. The molecule has 3 amide bonds. The van der Waals surface area contributed by atoms with E-state index < -0.39 is 18.0 Å². The number of nitrogens with zero attached hydrogens (tertiary/aromatic N) is 1. The van der Waals surface area contributed by atoms with Crippen LogP contribution in [0.3, 0.4) is 0 Å². The number of halogens is 1. The first-order chi connectivity index (χ1) is 10.3.